The molecular weight excluding hydrogens is 190 g/mol. The number of anilines is 1. The average Bonchev–Trinajstić information content (AvgIpc) is 2.27. The zero-order valence-electron chi connectivity index (χ0n) is 8.77. The van der Waals surface area contributed by atoms with Crippen molar-refractivity contribution >= 4 is 5.69 Å². The van der Waals surface area contributed by atoms with Gasteiger partial charge in [0, 0.05) is 18.8 Å². The molecule has 0 aliphatic rings. The third-order valence-corrected chi connectivity index (χ3v) is 2.11. The molecule has 1 unspecified atom stereocenters. The summed E-state index contributed by atoms with van der Waals surface area (Å²) >= 11 is 0. The van der Waals surface area contributed by atoms with Gasteiger partial charge in [-0.3, -0.25) is 0 Å². The molecule has 0 bridgehead atoms. The highest BCUT2D eigenvalue weighted by atomic mass is 16.2. The first kappa shape index (κ1) is 11.5. The summed E-state index contributed by atoms with van der Waals surface area (Å²) < 4.78 is 0. The van der Waals surface area contributed by atoms with Gasteiger partial charge in [0.15, 0.2) is 5.69 Å². The molecule has 0 amide bonds. The highest BCUT2D eigenvalue weighted by molar-refractivity contribution is 5.53. The summed E-state index contributed by atoms with van der Waals surface area (Å²) in [5.74, 6) is 0. The van der Waals surface area contributed by atoms with Gasteiger partial charge in [0.25, 0.3) is 0 Å². The van der Waals surface area contributed by atoms with Gasteiger partial charge in [-0.25, -0.2) is 4.98 Å². The van der Waals surface area contributed by atoms with Gasteiger partial charge in [0.1, 0.15) is 6.07 Å². The van der Waals surface area contributed by atoms with E-state index in [1.807, 2.05) is 19.1 Å². The molecule has 0 saturated heterocycles. The second-order valence-electron chi connectivity index (χ2n) is 3.42. The number of nitrogens with zero attached hydrogens (tertiary/aromatic N) is 2. The van der Waals surface area contributed by atoms with Crippen LogP contribution in [0.4, 0.5) is 5.69 Å². The highest BCUT2D eigenvalue weighted by Crippen LogP contribution is 2.13. The van der Waals surface area contributed by atoms with Gasteiger partial charge >= 0.3 is 0 Å². The van der Waals surface area contributed by atoms with Crippen molar-refractivity contribution in [3.05, 3.63) is 24.0 Å². The van der Waals surface area contributed by atoms with Crippen LogP contribution < -0.4 is 5.32 Å². The maximum Gasteiger partial charge on any atom is 0.163 e. The first-order chi connectivity index (χ1) is 7.27. The molecule has 2 N–H and O–H groups in total. The summed E-state index contributed by atoms with van der Waals surface area (Å²) in [5.41, 5.74) is 1.17. The number of hydrogen-bond donors (Lipinski definition) is 2. The summed E-state index contributed by atoms with van der Waals surface area (Å²) in [7, 11) is 0. The van der Waals surface area contributed by atoms with Gasteiger partial charge in [-0.05, 0) is 31.9 Å². The fourth-order valence-corrected chi connectivity index (χ4v) is 1.35. The number of hydrogen-bond acceptors (Lipinski definition) is 4. The zero-order valence-corrected chi connectivity index (χ0v) is 8.77. The Morgan fingerprint density at radius 2 is 2.47 bits per heavy atom. The molecule has 4 heteroatoms. The van der Waals surface area contributed by atoms with Gasteiger partial charge in [-0.1, -0.05) is 0 Å². The second kappa shape index (κ2) is 5.99. The molecule has 0 radical (unpaired) electrons. The lowest BCUT2D eigenvalue weighted by atomic mass is 10.1. The largest absolute Gasteiger partial charge is 0.396 e. The maximum absolute atomic E-state index is 8.81. The third kappa shape index (κ3) is 3.56. The Hall–Kier alpha value is -1.60. The predicted molar refractivity (Wildman–Crippen MR) is 58.4 cm³/mol. The quantitative estimate of drug-likeness (QED) is 0.764. The van der Waals surface area contributed by atoms with E-state index in [9.17, 15) is 0 Å². The monoisotopic (exact) mass is 205 g/mol. The van der Waals surface area contributed by atoms with E-state index >= 15 is 0 Å². The van der Waals surface area contributed by atoms with Crippen LogP contribution in [0.15, 0.2) is 18.3 Å². The van der Waals surface area contributed by atoms with Gasteiger partial charge in [-0.15, -0.1) is 0 Å². The molecular formula is C11H15N3O. The second-order valence-corrected chi connectivity index (χ2v) is 3.42. The van der Waals surface area contributed by atoms with Crippen LogP contribution in [-0.2, 0) is 0 Å². The fourth-order valence-electron chi connectivity index (χ4n) is 1.35. The van der Waals surface area contributed by atoms with Gasteiger partial charge in [0.05, 0.1) is 5.69 Å². The average molecular weight is 205 g/mol. The van der Waals surface area contributed by atoms with Crippen molar-refractivity contribution in [2.24, 2.45) is 0 Å². The summed E-state index contributed by atoms with van der Waals surface area (Å²) in [6.07, 6.45) is 3.23. The number of aliphatic hydroxyl groups excluding tert-OH is 1. The SMILES string of the molecule is CC(CCCO)Nc1cccnc1C#N. The maximum atomic E-state index is 8.81. The van der Waals surface area contributed by atoms with Crippen LogP contribution >= 0.6 is 0 Å². The normalized spacial score (nSPS) is 11.8. The van der Waals surface area contributed by atoms with E-state index in [0.717, 1.165) is 18.5 Å². The first-order valence-corrected chi connectivity index (χ1v) is 5.00. The molecule has 1 atom stereocenters. The molecule has 0 aliphatic heterocycles. The lowest BCUT2D eigenvalue weighted by molar-refractivity contribution is 0.282. The van der Waals surface area contributed by atoms with Crippen molar-refractivity contribution < 1.29 is 5.11 Å². The number of pyridine rings is 1. The Kier molecular flexibility index (Phi) is 4.58. The Bertz CT molecular complexity index is 346. The van der Waals surface area contributed by atoms with Crippen molar-refractivity contribution in [3.8, 4) is 6.07 Å². The lowest BCUT2D eigenvalue weighted by Gasteiger charge is -2.14. The molecule has 0 aromatic carbocycles. The summed E-state index contributed by atoms with van der Waals surface area (Å²) in [4.78, 5) is 3.96. The number of rotatable bonds is 5. The van der Waals surface area contributed by atoms with E-state index in [2.05, 4.69) is 10.3 Å². The Morgan fingerprint density at radius 3 is 3.13 bits per heavy atom. The van der Waals surface area contributed by atoms with E-state index in [1.165, 1.54) is 0 Å². The Morgan fingerprint density at radius 1 is 1.67 bits per heavy atom. The first-order valence-electron chi connectivity index (χ1n) is 5.00. The standard InChI is InChI=1S/C11H15N3O/c1-9(4-3-7-15)14-10-5-2-6-13-11(10)8-12/h2,5-6,9,14-15H,3-4,7H2,1H3. The van der Waals surface area contributed by atoms with Crippen molar-refractivity contribution in [2.75, 3.05) is 11.9 Å². The van der Waals surface area contributed by atoms with Crippen molar-refractivity contribution in [1.82, 2.24) is 4.98 Å². The van der Waals surface area contributed by atoms with Gasteiger partial charge in [0.2, 0.25) is 0 Å². The number of nitrogens with one attached hydrogen (secondary N) is 1. The van der Waals surface area contributed by atoms with Crippen LogP contribution in [0.3, 0.4) is 0 Å². The fraction of sp³-hybridized carbons (Fsp3) is 0.455. The van der Waals surface area contributed by atoms with Crippen LogP contribution in [0.25, 0.3) is 0 Å². The number of aromatic nitrogens is 1. The van der Waals surface area contributed by atoms with Gasteiger partial charge in [-0.2, -0.15) is 5.26 Å². The van der Waals surface area contributed by atoms with Crippen LogP contribution in [0.1, 0.15) is 25.5 Å². The molecule has 1 heterocycles. The number of nitriles is 1. The summed E-state index contributed by atoms with van der Waals surface area (Å²) in [6.45, 7) is 2.22. The molecule has 0 aliphatic carbocycles. The molecule has 0 spiro atoms. The van der Waals surface area contributed by atoms with Crippen molar-refractivity contribution in [1.29, 1.82) is 5.26 Å². The smallest absolute Gasteiger partial charge is 0.163 e. The summed E-state index contributed by atoms with van der Waals surface area (Å²) in [5, 5.41) is 20.7. The molecule has 0 saturated carbocycles. The molecule has 1 aromatic rings. The van der Waals surface area contributed by atoms with E-state index in [-0.39, 0.29) is 12.6 Å². The van der Waals surface area contributed by atoms with Crippen LogP contribution in [0.5, 0.6) is 0 Å². The Labute approximate surface area is 89.6 Å². The highest BCUT2D eigenvalue weighted by Gasteiger charge is 2.05. The molecule has 15 heavy (non-hydrogen) atoms. The van der Waals surface area contributed by atoms with Crippen LogP contribution in [-0.4, -0.2) is 22.7 Å². The van der Waals surface area contributed by atoms with Crippen LogP contribution in [0, 0.1) is 11.3 Å². The minimum Gasteiger partial charge on any atom is -0.396 e. The molecule has 1 aromatic heterocycles. The molecule has 80 valence electrons. The van der Waals surface area contributed by atoms with E-state index in [1.54, 1.807) is 12.3 Å². The topological polar surface area (TPSA) is 68.9 Å². The number of aliphatic hydroxyl groups is 1. The lowest BCUT2D eigenvalue weighted by Crippen LogP contribution is -2.16. The predicted octanol–water partition coefficient (Wildman–Crippen LogP) is 1.53. The van der Waals surface area contributed by atoms with Gasteiger partial charge < -0.3 is 10.4 Å². The van der Waals surface area contributed by atoms with E-state index in [4.69, 9.17) is 10.4 Å². The molecule has 0 fully saturated rings. The van der Waals surface area contributed by atoms with Crippen molar-refractivity contribution in [2.45, 2.75) is 25.8 Å². The van der Waals surface area contributed by atoms with Crippen molar-refractivity contribution in [3.63, 3.8) is 0 Å². The van der Waals surface area contributed by atoms with E-state index in [0.29, 0.717) is 5.69 Å². The molecule has 1 rings (SSSR count). The van der Waals surface area contributed by atoms with E-state index < -0.39 is 0 Å². The Balaban J connectivity index is 2.60. The minimum absolute atomic E-state index is 0.199. The molecule has 4 nitrogen and oxygen atoms in total. The zero-order chi connectivity index (χ0) is 11.1. The summed E-state index contributed by atoms with van der Waals surface area (Å²) in [6, 6.07) is 5.89. The third-order valence-electron chi connectivity index (χ3n) is 2.11. The van der Waals surface area contributed by atoms with Crippen LogP contribution in [0.2, 0.25) is 0 Å². The minimum atomic E-state index is 0.199.